The first kappa shape index (κ1) is 17.2. The lowest BCUT2D eigenvalue weighted by Crippen LogP contribution is -2.43. The van der Waals surface area contributed by atoms with Gasteiger partial charge in [0, 0.05) is 23.9 Å². The Labute approximate surface area is 150 Å². The molecular formula is C18H17ClN2O4. The van der Waals surface area contributed by atoms with Gasteiger partial charge in [0.1, 0.15) is 5.75 Å². The Kier molecular flexibility index (Phi) is 4.63. The molecule has 130 valence electrons. The van der Waals surface area contributed by atoms with Crippen molar-refractivity contribution in [2.24, 2.45) is 0 Å². The number of anilines is 1. The van der Waals surface area contributed by atoms with E-state index in [2.05, 4.69) is 0 Å². The predicted octanol–water partition coefficient (Wildman–Crippen LogP) is 3.99. The minimum absolute atomic E-state index is 0.0447. The van der Waals surface area contributed by atoms with Crippen molar-refractivity contribution in [3.05, 3.63) is 63.2 Å². The first-order valence-electron chi connectivity index (χ1n) is 7.90. The summed E-state index contributed by atoms with van der Waals surface area (Å²) in [6.07, 6.45) is 0.0278. The SMILES string of the molecule is CC(Oc1ccc([N+](=O)[O-])cc1Cl)C(=O)N1c2ccccc2CC1C. The number of nitro groups is 1. The highest BCUT2D eigenvalue weighted by atomic mass is 35.5. The van der Waals surface area contributed by atoms with Crippen LogP contribution in [-0.2, 0) is 11.2 Å². The highest BCUT2D eigenvalue weighted by Gasteiger charge is 2.34. The van der Waals surface area contributed by atoms with Crippen molar-refractivity contribution in [1.82, 2.24) is 0 Å². The number of fused-ring (bicyclic) bond motifs is 1. The van der Waals surface area contributed by atoms with Gasteiger partial charge in [-0.2, -0.15) is 0 Å². The van der Waals surface area contributed by atoms with Crippen LogP contribution in [0.5, 0.6) is 5.75 Å². The zero-order valence-corrected chi connectivity index (χ0v) is 14.6. The maximum Gasteiger partial charge on any atom is 0.271 e. The van der Waals surface area contributed by atoms with Crippen molar-refractivity contribution in [2.75, 3.05) is 4.90 Å². The van der Waals surface area contributed by atoms with Gasteiger partial charge in [-0.1, -0.05) is 29.8 Å². The maximum atomic E-state index is 12.9. The number of carbonyl (C=O) groups is 1. The summed E-state index contributed by atoms with van der Waals surface area (Å²) in [5, 5.41) is 10.9. The average molecular weight is 361 g/mol. The van der Waals surface area contributed by atoms with Gasteiger partial charge in [-0.25, -0.2) is 0 Å². The van der Waals surface area contributed by atoms with Gasteiger partial charge in [0.2, 0.25) is 0 Å². The molecule has 0 N–H and O–H groups in total. The Morgan fingerprint density at radius 3 is 2.76 bits per heavy atom. The number of hydrogen-bond acceptors (Lipinski definition) is 4. The van der Waals surface area contributed by atoms with Crippen LogP contribution in [0, 0.1) is 10.1 Å². The third kappa shape index (κ3) is 3.30. The van der Waals surface area contributed by atoms with Crippen LogP contribution in [0.2, 0.25) is 5.02 Å². The zero-order valence-electron chi connectivity index (χ0n) is 13.8. The molecule has 0 bridgehead atoms. The highest BCUT2D eigenvalue weighted by molar-refractivity contribution is 6.32. The topological polar surface area (TPSA) is 72.7 Å². The molecule has 6 nitrogen and oxygen atoms in total. The molecule has 0 saturated carbocycles. The molecule has 2 aromatic carbocycles. The first-order valence-corrected chi connectivity index (χ1v) is 8.28. The summed E-state index contributed by atoms with van der Waals surface area (Å²) < 4.78 is 5.67. The molecule has 0 fully saturated rings. The summed E-state index contributed by atoms with van der Waals surface area (Å²) in [5.74, 6) is 0.0696. The summed E-state index contributed by atoms with van der Waals surface area (Å²) in [6.45, 7) is 3.64. The Balaban J connectivity index is 1.79. The molecular weight excluding hydrogens is 344 g/mol. The van der Waals surface area contributed by atoms with E-state index in [-0.39, 0.29) is 28.4 Å². The highest BCUT2D eigenvalue weighted by Crippen LogP contribution is 2.34. The van der Waals surface area contributed by atoms with Crippen LogP contribution in [0.3, 0.4) is 0 Å². The molecule has 3 rings (SSSR count). The van der Waals surface area contributed by atoms with Gasteiger partial charge in [-0.05, 0) is 38.0 Å². The van der Waals surface area contributed by atoms with E-state index in [1.54, 1.807) is 11.8 Å². The molecule has 0 spiro atoms. The number of nitrogens with zero attached hydrogens (tertiary/aromatic N) is 2. The Hall–Kier alpha value is -2.60. The van der Waals surface area contributed by atoms with Crippen molar-refractivity contribution in [2.45, 2.75) is 32.4 Å². The minimum Gasteiger partial charge on any atom is -0.479 e. The van der Waals surface area contributed by atoms with E-state index in [0.717, 1.165) is 17.7 Å². The van der Waals surface area contributed by atoms with Crippen LogP contribution in [-0.4, -0.2) is 23.0 Å². The van der Waals surface area contributed by atoms with E-state index in [0.29, 0.717) is 0 Å². The van der Waals surface area contributed by atoms with Crippen LogP contribution in [0.1, 0.15) is 19.4 Å². The van der Waals surface area contributed by atoms with Gasteiger partial charge in [0.25, 0.3) is 11.6 Å². The van der Waals surface area contributed by atoms with Gasteiger partial charge in [0.15, 0.2) is 6.10 Å². The number of benzene rings is 2. The van der Waals surface area contributed by atoms with Gasteiger partial charge in [-0.3, -0.25) is 14.9 Å². The molecule has 25 heavy (non-hydrogen) atoms. The minimum atomic E-state index is -0.771. The van der Waals surface area contributed by atoms with Crippen LogP contribution in [0.4, 0.5) is 11.4 Å². The van der Waals surface area contributed by atoms with E-state index in [4.69, 9.17) is 16.3 Å². The van der Waals surface area contributed by atoms with Crippen molar-refractivity contribution >= 4 is 28.9 Å². The van der Waals surface area contributed by atoms with Crippen molar-refractivity contribution in [3.8, 4) is 5.75 Å². The second kappa shape index (κ2) is 6.72. The lowest BCUT2D eigenvalue weighted by atomic mass is 10.1. The standard InChI is InChI=1S/C18H17ClN2O4/c1-11-9-13-5-3-4-6-16(13)20(11)18(22)12(2)25-17-8-7-14(21(23)24)10-15(17)19/h3-8,10-12H,9H2,1-2H3. The zero-order chi connectivity index (χ0) is 18.1. The number of nitro benzene ring substituents is 1. The number of ether oxygens (including phenoxy) is 1. The second-order valence-corrected chi connectivity index (χ2v) is 6.43. The molecule has 2 unspecified atom stereocenters. The molecule has 0 aromatic heterocycles. The molecule has 2 aromatic rings. The molecule has 1 aliphatic rings. The predicted molar refractivity (Wildman–Crippen MR) is 95.3 cm³/mol. The van der Waals surface area contributed by atoms with E-state index in [9.17, 15) is 14.9 Å². The van der Waals surface area contributed by atoms with Gasteiger partial charge in [-0.15, -0.1) is 0 Å². The first-order chi connectivity index (χ1) is 11.9. The number of halogens is 1. The van der Waals surface area contributed by atoms with Crippen molar-refractivity contribution in [1.29, 1.82) is 0 Å². The van der Waals surface area contributed by atoms with E-state index >= 15 is 0 Å². The smallest absolute Gasteiger partial charge is 0.271 e. The quantitative estimate of drug-likeness (QED) is 0.610. The summed E-state index contributed by atoms with van der Waals surface area (Å²) >= 11 is 6.04. The fraction of sp³-hybridized carbons (Fsp3) is 0.278. The van der Waals surface area contributed by atoms with E-state index in [1.807, 2.05) is 31.2 Å². The lowest BCUT2D eigenvalue weighted by molar-refractivity contribution is -0.384. The third-order valence-electron chi connectivity index (χ3n) is 4.22. The number of carbonyl (C=O) groups excluding carboxylic acids is 1. The maximum absolute atomic E-state index is 12.9. The molecule has 1 heterocycles. The van der Waals surface area contributed by atoms with Gasteiger partial charge in [0.05, 0.1) is 9.95 Å². The van der Waals surface area contributed by atoms with E-state index < -0.39 is 11.0 Å². The number of amides is 1. The molecule has 2 atom stereocenters. The van der Waals surface area contributed by atoms with Crippen LogP contribution in [0.15, 0.2) is 42.5 Å². The van der Waals surface area contributed by atoms with Crippen LogP contribution < -0.4 is 9.64 Å². The summed E-state index contributed by atoms with van der Waals surface area (Å²) in [5.41, 5.74) is 1.90. The van der Waals surface area contributed by atoms with E-state index in [1.165, 1.54) is 18.2 Å². The molecule has 0 saturated heterocycles. The largest absolute Gasteiger partial charge is 0.479 e. The van der Waals surface area contributed by atoms with Crippen LogP contribution >= 0.6 is 11.6 Å². The molecule has 0 aliphatic carbocycles. The van der Waals surface area contributed by atoms with Crippen molar-refractivity contribution in [3.63, 3.8) is 0 Å². The molecule has 1 amide bonds. The van der Waals surface area contributed by atoms with Gasteiger partial charge < -0.3 is 9.64 Å². The molecule has 0 radical (unpaired) electrons. The fourth-order valence-corrected chi connectivity index (χ4v) is 3.26. The number of hydrogen-bond donors (Lipinski definition) is 0. The summed E-state index contributed by atoms with van der Waals surface area (Å²) in [7, 11) is 0. The Bertz CT molecular complexity index is 840. The fourth-order valence-electron chi connectivity index (χ4n) is 3.04. The summed E-state index contributed by atoms with van der Waals surface area (Å²) in [6, 6.07) is 11.7. The number of rotatable bonds is 4. The molecule has 1 aliphatic heterocycles. The second-order valence-electron chi connectivity index (χ2n) is 6.02. The molecule has 7 heteroatoms. The summed E-state index contributed by atoms with van der Waals surface area (Å²) in [4.78, 5) is 24.8. The monoisotopic (exact) mass is 360 g/mol. The van der Waals surface area contributed by atoms with Crippen LogP contribution in [0.25, 0.3) is 0 Å². The Morgan fingerprint density at radius 1 is 1.36 bits per heavy atom. The average Bonchev–Trinajstić information content (AvgIpc) is 2.91. The lowest BCUT2D eigenvalue weighted by Gasteiger charge is -2.26. The number of para-hydroxylation sites is 1. The van der Waals surface area contributed by atoms with Crippen molar-refractivity contribution < 1.29 is 14.5 Å². The van der Waals surface area contributed by atoms with Gasteiger partial charge >= 0.3 is 0 Å². The normalized spacial score (nSPS) is 17.1. The third-order valence-corrected chi connectivity index (χ3v) is 4.52. The number of non-ortho nitro benzene ring substituents is 1. The Morgan fingerprint density at radius 2 is 2.08 bits per heavy atom.